The minimum absolute atomic E-state index is 0.0278. The molecule has 0 aliphatic carbocycles. The number of halogens is 1. The summed E-state index contributed by atoms with van der Waals surface area (Å²) in [6.45, 7) is 1.53. The van der Waals surface area contributed by atoms with E-state index in [1.54, 1.807) is 25.5 Å². The van der Waals surface area contributed by atoms with E-state index in [-0.39, 0.29) is 39.1 Å². The number of hydrogen-bond acceptors (Lipinski definition) is 6. The maximum absolute atomic E-state index is 15.3. The van der Waals surface area contributed by atoms with Gasteiger partial charge in [-0.25, -0.2) is 13.9 Å². The van der Waals surface area contributed by atoms with Crippen molar-refractivity contribution in [1.29, 1.82) is 0 Å². The molecular weight excluding hydrogens is 523 g/mol. The number of amides is 1. The van der Waals surface area contributed by atoms with E-state index in [1.807, 2.05) is 0 Å². The number of rotatable bonds is 4. The van der Waals surface area contributed by atoms with E-state index in [1.165, 1.54) is 40.6 Å². The zero-order chi connectivity index (χ0) is 33.0. The Balaban J connectivity index is 1.61. The Morgan fingerprint density at radius 1 is 1.22 bits per heavy atom. The molecule has 0 bridgehead atoms. The Kier molecular flexibility index (Phi) is 4.97. The predicted molar refractivity (Wildman–Crippen MR) is 152 cm³/mol. The van der Waals surface area contributed by atoms with Gasteiger partial charge < -0.3 is 11.1 Å². The van der Waals surface area contributed by atoms with E-state index < -0.39 is 59.2 Å². The number of aryl methyl sites for hydroxylation is 1. The molecule has 3 N–H and O–H groups in total. The summed E-state index contributed by atoms with van der Waals surface area (Å²) < 4.78 is 60.8. The van der Waals surface area contributed by atoms with Crippen LogP contribution in [0, 0.1) is 17.7 Å². The Hall–Kier alpha value is -5.76. The molecule has 0 aliphatic heterocycles. The molecule has 1 atom stereocenters. The first kappa shape index (κ1) is 20.2. The molecule has 41 heavy (non-hydrogen) atoms. The molecule has 2 aromatic carbocycles. The largest absolute Gasteiger partial charge is 0.381 e. The lowest BCUT2D eigenvalue weighted by Crippen LogP contribution is -2.32. The first-order valence-corrected chi connectivity index (χ1v) is 12.2. The summed E-state index contributed by atoms with van der Waals surface area (Å²) in [5.74, 6) is 3.89. The maximum atomic E-state index is 15.3. The van der Waals surface area contributed by atoms with Gasteiger partial charge >= 0.3 is 0 Å². The molecule has 1 amide bonds. The van der Waals surface area contributed by atoms with Gasteiger partial charge in [0.25, 0.3) is 11.5 Å². The summed E-state index contributed by atoms with van der Waals surface area (Å²) in [4.78, 5) is 32.1. The third kappa shape index (κ3) is 4.57. The van der Waals surface area contributed by atoms with Crippen molar-refractivity contribution in [3.63, 3.8) is 0 Å². The lowest BCUT2D eigenvalue weighted by atomic mass is 10.0. The van der Waals surface area contributed by atoms with Crippen LogP contribution in [0.3, 0.4) is 0 Å². The van der Waals surface area contributed by atoms with E-state index in [0.717, 1.165) is 10.6 Å². The highest BCUT2D eigenvalue weighted by atomic mass is 19.1. The van der Waals surface area contributed by atoms with Crippen molar-refractivity contribution in [1.82, 2.24) is 34.3 Å². The first-order chi connectivity index (χ1) is 21.9. The van der Waals surface area contributed by atoms with E-state index in [4.69, 9.17) is 12.6 Å². The fourth-order valence-electron chi connectivity index (χ4n) is 4.51. The van der Waals surface area contributed by atoms with Gasteiger partial charge in [0.05, 0.1) is 35.6 Å². The molecule has 0 unspecified atom stereocenters. The standard InChI is InChI=1S/C30H23FN8O2/c1-18(35-29(40)26-27(32)36-38-14-6-13-33-28(26)38)24-15-20-10-12-23(31)22(11-9-19-16-34-37(2)17-19)25(20)30(41)39(24)21-7-4-3-5-8-21/h3-8,10,12-18H,1-2H3,(H2,32,36)(H,35,40)/t18-/m0/s1/i3D,4D,5D,7D,8D. The number of nitrogen functional groups attached to an aromatic ring is 1. The number of fused-ring (bicyclic) bond motifs is 2. The van der Waals surface area contributed by atoms with Crippen LogP contribution in [0.5, 0.6) is 0 Å². The molecule has 0 saturated carbocycles. The number of aromatic nitrogens is 6. The van der Waals surface area contributed by atoms with Crippen LogP contribution in [0.15, 0.2) is 84.1 Å². The third-order valence-corrected chi connectivity index (χ3v) is 6.35. The van der Waals surface area contributed by atoms with E-state index >= 15 is 4.39 Å². The van der Waals surface area contributed by atoms with Crippen LogP contribution in [-0.4, -0.2) is 34.9 Å². The maximum Gasteiger partial charge on any atom is 0.264 e. The van der Waals surface area contributed by atoms with Crippen molar-refractivity contribution >= 4 is 28.1 Å². The minimum Gasteiger partial charge on any atom is -0.381 e. The molecule has 4 heterocycles. The average Bonchev–Trinajstić information content (AvgIpc) is 3.60. The van der Waals surface area contributed by atoms with E-state index in [0.29, 0.717) is 5.56 Å². The fraction of sp³-hybridized carbons (Fsp3) is 0.100. The molecular formula is C30H23FN8O2. The lowest BCUT2D eigenvalue weighted by molar-refractivity contribution is 0.0941. The molecule has 4 aromatic heterocycles. The second-order valence-corrected chi connectivity index (χ2v) is 9.07. The van der Waals surface area contributed by atoms with Crippen LogP contribution in [0.2, 0.25) is 0 Å². The normalized spacial score (nSPS) is 13.5. The Morgan fingerprint density at radius 3 is 2.78 bits per heavy atom. The van der Waals surface area contributed by atoms with Gasteiger partial charge in [-0.3, -0.25) is 18.8 Å². The Labute approximate surface area is 239 Å². The van der Waals surface area contributed by atoms with Crippen molar-refractivity contribution in [2.45, 2.75) is 13.0 Å². The lowest BCUT2D eigenvalue weighted by Gasteiger charge is -2.21. The van der Waals surface area contributed by atoms with Crippen LogP contribution in [0.1, 0.15) is 47.0 Å². The minimum atomic E-state index is -1.03. The second kappa shape index (κ2) is 10.1. The highest BCUT2D eigenvalue weighted by molar-refractivity contribution is 6.04. The smallest absolute Gasteiger partial charge is 0.264 e. The molecule has 202 valence electrons. The van der Waals surface area contributed by atoms with Crippen LogP contribution in [-0.2, 0) is 7.05 Å². The topological polar surface area (TPSA) is 125 Å². The number of nitrogens with two attached hydrogens (primary N) is 1. The number of hydrogen-bond donors (Lipinski definition) is 2. The van der Waals surface area contributed by atoms with Gasteiger partial charge in [-0.15, -0.1) is 5.10 Å². The summed E-state index contributed by atoms with van der Waals surface area (Å²) in [6, 6.07) is 1.14. The van der Waals surface area contributed by atoms with E-state index in [2.05, 4.69) is 32.3 Å². The van der Waals surface area contributed by atoms with Crippen LogP contribution < -0.4 is 16.6 Å². The summed E-state index contributed by atoms with van der Waals surface area (Å²) in [7, 11) is 1.68. The van der Waals surface area contributed by atoms with Gasteiger partial charge in [-0.1, -0.05) is 36.0 Å². The van der Waals surface area contributed by atoms with Gasteiger partial charge in [0, 0.05) is 37.0 Å². The predicted octanol–water partition coefficient (Wildman–Crippen LogP) is 3.38. The number of benzene rings is 2. The zero-order valence-corrected chi connectivity index (χ0v) is 21.7. The van der Waals surface area contributed by atoms with Crippen molar-refractivity contribution in [3.8, 4) is 17.5 Å². The molecule has 6 rings (SSSR count). The SMILES string of the molecule is [2H]c1c([2H])c([2H])c(-n2c([C@H](C)NC(=O)c3c(N)nn4cccnc34)cc3ccc(F)c(C#Cc4cnn(C)c4)c3c2=O)c([2H])c1[2H]. The first-order valence-electron chi connectivity index (χ1n) is 14.7. The number of nitrogens with zero attached hydrogens (tertiary/aromatic N) is 6. The van der Waals surface area contributed by atoms with Crippen molar-refractivity contribution < 1.29 is 16.0 Å². The molecule has 6 aromatic rings. The monoisotopic (exact) mass is 551 g/mol. The van der Waals surface area contributed by atoms with Gasteiger partial charge in [0.15, 0.2) is 11.5 Å². The van der Waals surface area contributed by atoms with Crippen molar-refractivity contribution in [2.75, 3.05) is 5.73 Å². The quantitative estimate of drug-likeness (QED) is 0.324. The number of para-hydroxylation sites is 1. The van der Waals surface area contributed by atoms with Crippen LogP contribution >= 0.6 is 0 Å². The molecule has 11 heteroatoms. The summed E-state index contributed by atoms with van der Waals surface area (Å²) in [6.07, 6.45) is 6.10. The highest BCUT2D eigenvalue weighted by Crippen LogP contribution is 2.25. The Bertz CT molecular complexity index is 2340. The van der Waals surface area contributed by atoms with Gasteiger partial charge in [-0.2, -0.15) is 5.10 Å². The summed E-state index contributed by atoms with van der Waals surface area (Å²) >= 11 is 0. The number of anilines is 1. The number of carbonyl (C=O) groups excluding carboxylic acids is 1. The van der Waals surface area contributed by atoms with E-state index in [9.17, 15) is 9.59 Å². The fourth-order valence-corrected chi connectivity index (χ4v) is 4.51. The number of nitrogens with one attached hydrogen (secondary N) is 1. The van der Waals surface area contributed by atoms with Crippen LogP contribution in [0.4, 0.5) is 10.2 Å². The van der Waals surface area contributed by atoms with Crippen molar-refractivity contribution in [2.24, 2.45) is 7.05 Å². The summed E-state index contributed by atoms with van der Waals surface area (Å²) in [5.41, 5.74) is 5.00. The average molecular weight is 552 g/mol. The van der Waals surface area contributed by atoms with Gasteiger partial charge in [-0.05, 0) is 42.6 Å². The Morgan fingerprint density at radius 2 is 2.02 bits per heavy atom. The number of carbonyl (C=O) groups is 1. The third-order valence-electron chi connectivity index (χ3n) is 6.35. The molecule has 0 aliphatic rings. The van der Waals surface area contributed by atoms with Crippen molar-refractivity contribution in [3.05, 3.63) is 118 Å². The molecule has 10 nitrogen and oxygen atoms in total. The van der Waals surface area contributed by atoms with Gasteiger partial charge in [0.2, 0.25) is 0 Å². The van der Waals surface area contributed by atoms with Crippen LogP contribution in [0.25, 0.3) is 22.1 Å². The number of pyridine rings is 1. The molecule has 0 fully saturated rings. The highest BCUT2D eigenvalue weighted by Gasteiger charge is 2.24. The molecule has 0 saturated heterocycles. The molecule has 0 spiro atoms. The summed E-state index contributed by atoms with van der Waals surface area (Å²) in [5, 5.41) is 10.9. The molecule has 0 radical (unpaired) electrons. The van der Waals surface area contributed by atoms with Gasteiger partial charge in [0.1, 0.15) is 11.4 Å². The zero-order valence-electron chi connectivity index (χ0n) is 26.7. The second-order valence-electron chi connectivity index (χ2n) is 9.07.